The standard InChI is InChI=1S/C19H26F2N2O3/c1-23(18(24)15-10-13-5-3-4-6-14(13)22-15)11-12-7-8-16(25-2)17(9-12)26-19(20)21/h7-9,13-15,19,22H,3-6,10-11H2,1-2H3. The van der Waals surface area contributed by atoms with Crippen molar-refractivity contribution in [1.29, 1.82) is 0 Å². The van der Waals surface area contributed by atoms with E-state index in [-0.39, 0.29) is 23.4 Å². The minimum Gasteiger partial charge on any atom is -0.493 e. The lowest BCUT2D eigenvalue weighted by molar-refractivity contribution is -0.132. The largest absolute Gasteiger partial charge is 0.493 e. The summed E-state index contributed by atoms with van der Waals surface area (Å²) in [5.41, 5.74) is 0.715. The van der Waals surface area contributed by atoms with E-state index in [0.717, 1.165) is 12.8 Å². The van der Waals surface area contributed by atoms with E-state index in [9.17, 15) is 13.6 Å². The van der Waals surface area contributed by atoms with Crippen molar-refractivity contribution < 1.29 is 23.0 Å². The average Bonchev–Trinajstić information content (AvgIpc) is 3.05. The maximum atomic E-state index is 12.8. The van der Waals surface area contributed by atoms with E-state index < -0.39 is 6.61 Å². The van der Waals surface area contributed by atoms with Crippen LogP contribution in [0, 0.1) is 5.92 Å². The summed E-state index contributed by atoms with van der Waals surface area (Å²) in [6.45, 7) is -2.60. The van der Waals surface area contributed by atoms with Gasteiger partial charge in [0.2, 0.25) is 5.91 Å². The Balaban J connectivity index is 1.63. The number of amides is 1. The number of carbonyl (C=O) groups excluding carboxylic acids is 1. The van der Waals surface area contributed by atoms with Gasteiger partial charge in [0.25, 0.3) is 0 Å². The molecule has 1 aliphatic heterocycles. The highest BCUT2D eigenvalue weighted by Crippen LogP contribution is 2.34. The number of alkyl halides is 2. The Hall–Kier alpha value is -1.89. The Labute approximate surface area is 152 Å². The van der Waals surface area contributed by atoms with Crippen molar-refractivity contribution in [1.82, 2.24) is 10.2 Å². The van der Waals surface area contributed by atoms with Crippen LogP contribution in [0.3, 0.4) is 0 Å². The van der Waals surface area contributed by atoms with Crippen LogP contribution < -0.4 is 14.8 Å². The van der Waals surface area contributed by atoms with E-state index in [0.29, 0.717) is 24.1 Å². The zero-order chi connectivity index (χ0) is 18.7. The van der Waals surface area contributed by atoms with Gasteiger partial charge in [-0.2, -0.15) is 8.78 Å². The van der Waals surface area contributed by atoms with Crippen molar-refractivity contribution in [3.8, 4) is 11.5 Å². The van der Waals surface area contributed by atoms with Gasteiger partial charge in [-0.3, -0.25) is 4.79 Å². The van der Waals surface area contributed by atoms with Gasteiger partial charge in [-0.15, -0.1) is 0 Å². The molecule has 3 rings (SSSR count). The van der Waals surface area contributed by atoms with Crippen LogP contribution in [0.5, 0.6) is 11.5 Å². The summed E-state index contributed by atoms with van der Waals surface area (Å²) >= 11 is 0. The molecule has 1 amide bonds. The molecule has 1 aliphatic carbocycles. The number of hydrogen-bond donors (Lipinski definition) is 1. The molecule has 7 heteroatoms. The van der Waals surface area contributed by atoms with Crippen molar-refractivity contribution in [2.24, 2.45) is 5.92 Å². The van der Waals surface area contributed by atoms with Crippen LogP contribution in [0.25, 0.3) is 0 Å². The van der Waals surface area contributed by atoms with Gasteiger partial charge in [0, 0.05) is 19.6 Å². The van der Waals surface area contributed by atoms with Crippen molar-refractivity contribution in [2.45, 2.75) is 57.3 Å². The number of hydrogen-bond acceptors (Lipinski definition) is 4. The molecule has 2 fully saturated rings. The molecule has 1 aromatic carbocycles. The van der Waals surface area contributed by atoms with Gasteiger partial charge in [-0.05, 0) is 42.9 Å². The number of ether oxygens (including phenoxy) is 2. The molecule has 0 bridgehead atoms. The second-order valence-corrected chi connectivity index (χ2v) is 7.16. The van der Waals surface area contributed by atoms with Gasteiger partial charge in [0.05, 0.1) is 13.2 Å². The fourth-order valence-corrected chi connectivity index (χ4v) is 4.14. The summed E-state index contributed by atoms with van der Waals surface area (Å²) in [5, 5.41) is 3.48. The zero-order valence-corrected chi connectivity index (χ0v) is 15.2. The summed E-state index contributed by atoms with van der Waals surface area (Å²) in [6, 6.07) is 5.13. The maximum absolute atomic E-state index is 12.8. The third kappa shape index (κ3) is 4.26. The average molecular weight is 368 g/mol. The molecular formula is C19H26F2N2O3. The van der Waals surface area contributed by atoms with Crippen LogP contribution in [0.1, 0.15) is 37.7 Å². The Morgan fingerprint density at radius 1 is 1.31 bits per heavy atom. The number of methoxy groups -OCH3 is 1. The first-order valence-electron chi connectivity index (χ1n) is 9.10. The second kappa shape index (κ2) is 8.20. The smallest absolute Gasteiger partial charge is 0.387 e. The molecule has 0 spiro atoms. The van der Waals surface area contributed by atoms with Gasteiger partial charge in [-0.25, -0.2) is 0 Å². The number of halogens is 2. The molecule has 1 saturated heterocycles. The molecule has 1 N–H and O–H groups in total. The number of carbonyl (C=O) groups is 1. The highest BCUT2D eigenvalue weighted by Gasteiger charge is 2.39. The minimum atomic E-state index is -2.93. The highest BCUT2D eigenvalue weighted by molar-refractivity contribution is 5.82. The number of likely N-dealkylation sites (N-methyl/N-ethyl adjacent to an activating group) is 1. The van der Waals surface area contributed by atoms with Crippen LogP contribution in [0.4, 0.5) is 8.78 Å². The fraction of sp³-hybridized carbons (Fsp3) is 0.632. The maximum Gasteiger partial charge on any atom is 0.387 e. The summed E-state index contributed by atoms with van der Waals surface area (Å²) in [6.07, 6.45) is 5.70. The summed E-state index contributed by atoms with van der Waals surface area (Å²) in [5.74, 6) is 0.861. The lowest BCUT2D eigenvalue weighted by atomic mass is 9.85. The molecule has 1 aromatic rings. The van der Waals surface area contributed by atoms with Crippen molar-refractivity contribution in [2.75, 3.05) is 14.2 Å². The third-order valence-corrected chi connectivity index (χ3v) is 5.40. The summed E-state index contributed by atoms with van der Waals surface area (Å²) < 4.78 is 34.7. The second-order valence-electron chi connectivity index (χ2n) is 7.16. The summed E-state index contributed by atoms with van der Waals surface area (Å²) in [4.78, 5) is 14.4. The number of rotatable bonds is 6. The highest BCUT2D eigenvalue weighted by atomic mass is 19.3. The lowest BCUT2D eigenvalue weighted by Crippen LogP contribution is -2.43. The Morgan fingerprint density at radius 3 is 2.77 bits per heavy atom. The van der Waals surface area contributed by atoms with Crippen LogP contribution in [0.15, 0.2) is 18.2 Å². The molecule has 3 atom stereocenters. The molecular weight excluding hydrogens is 342 g/mol. The first-order chi connectivity index (χ1) is 12.5. The molecule has 1 heterocycles. The predicted molar refractivity (Wildman–Crippen MR) is 93.4 cm³/mol. The van der Waals surface area contributed by atoms with Crippen molar-refractivity contribution >= 4 is 5.91 Å². The van der Waals surface area contributed by atoms with E-state index in [2.05, 4.69) is 10.1 Å². The van der Waals surface area contributed by atoms with Gasteiger partial charge in [0.1, 0.15) is 0 Å². The van der Waals surface area contributed by atoms with Crippen LogP contribution >= 0.6 is 0 Å². The first kappa shape index (κ1) is 18.9. The van der Waals surface area contributed by atoms with E-state index in [1.807, 2.05) is 0 Å². The quantitative estimate of drug-likeness (QED) is 0.838. The van der Waals surface area contributed by atoms with E-state index in [1.54, 1.807) is 24.1 Å². The molecule has 2 aliphatic rings. The normalized spacial score (nSPS) is 25.0. The SMILES string of the molecule is COc1ccc(CN(C)C(=O)C2CC3CCCCC3N2)cc1OC(F)F. The molecule has 0 aromatic heterocycles. The van der Waals surface area contributed by atoms with E-state index >= 15 is 0 Å². The van der Waals surface area contributed by atoms with Gasteiger partial charge in [-0.1, -0.05) is 18.9 Å². The molecule has 1 saturated carbocycles. The molecule has 144 valence electrons. The van der Waals surface area contributed by atoms with E-state index in [1.165, 1.54) is 32.4 Å². The number of nitrogens with one attached hydrogen (secondary N) is 1. The fourth-order valence-electron chi connectivity index (χ4n) is 4.14. The monoisotopic (exact) mass is 368 g/mol. The summed E-state index contributed by atoms with van der Waals surface area (Å²) in [7, 11) is 3.14. The molecule has 5 nitrogen and oxygen atoms in total. The topological polar surface area (TPSA) is 50.8 Å². The number of benzene rings is 1. The van der Waals surface area contributed by atoms with Gasteiger partial charge in [0.15, 0.2) is 11.5 Å². The Bertz CT molecular complexity index is 627. The molecule has 3 unspecified atom stereocenters. The van der Waals surface area contributed by atoms with Gasteiger partial charge < -0.3 is 19.7 Å². The van der Waals surface area contributed by atoms with Crippen LogP contribution in [0.2, 0.25) is 0 Å². The zero-order valence-electron chi connectivity index (χ0n) is 15.2. The minimum absolute atomic E-state index is 0.0224. The third-order valence-electron chi connectivity index (χ3n) is 5.40. The Kier molecular flexibility index (Phi) is 5.96. The number of fused-ring (bicyclic) bond motifs is 1. The van der Waals surface area contributed by atoms with Gasteiger partial charge >= 0.3 is 6.61 Å². The first-order valence-corrected chi connectivity index (χ1v) is 9.10. The number of nitrogens with zero attached hydrogens (tertiary/aromatic N) is 1. The lowest BCUT2D eigenvalue weighted by Gasteiger charge is -2.24. The molecule has 26 heavy (non-hydrogen) atoms. The predicted octanol–water partition coefficient (Wildman–Crippen LogP) is 3.18. The van der Waals surface area contributed by atoms with Crippen molar-refractivity contribution in [3.05, 3.63) is 23.8 Å². The van der Waals surface area contributed by atoms with Crippen LogP contribution in [-0.2, 0) is 11.3 Å². The Morgan fingerprint density at radius 2 is 2.08 bits per heavy atom. The van der Waals surface area contributed by atoms with Crippen LogP contribution in [-0.4, -0.2) is 43.7 Å². The molecule has 0 radical (unpaired) electrons. The van der Waals surface area contributed by atoms with E-state index in [4.69, 9.17) is 4.74 Å². The van der Waals surface area contributed by atoms with Crippen molar-refractivity contribution in [3.63, 3.8) is 0 Å².